The highest BCUT2D eigenvalue weighted by molar-refractivity contribution is 5.95. The van der Waals surface area contributed by atoms with Crippen LogP contribution < -0.4 is 4.90 Å². The van der Waals surface area contributed by atoms with Gasteiger partial charge in [-0.05, 0) is 48.8 Å². The van der Waals surface area contributed by atoms with Crippen LogP contribution in [0.25, 0.3) is 44.2 Å². The highest BCUT2D eigenvalue weighted by Gasteiger charge is 2.16. The van der Waals surface area contributed by atoms with E-state index < -0.39 is 0 Å². The van der Waals surface area contributed by atoms with Gasteiger partial charge >= 0.3 is 0 Å². The SMILES string of the molecule is CN1CCN(c2ccc3nc(-c4ccc5ccccc5c4O)[nH]c3c2)CC1.c1ccc2[nH]cnc2c1. The number of nitrogens with one attached hydrogen (secondary N) is 2. The summed E-state index contributed by atoms with van der Waals surface area (Å²) in [5, 5.41) is 12.6. The number of anilines is 1. The van der Waals surface area contributed by atoms with Crippen molar-refractivity contribution in [2.45, 2.75) is 0 Å². The summed E-state index contributed by atoms with van der Waals surface area (Å²) in [5.74, 6) is 0.968. The molecule has 6 aromatic rings. The second-order valence-corrected chi connectivity index (χ2v) is 9.18. The van der Waals surface area contributed by atoms with E-state index in [2.05, 4.69) is 50.0 Å². The number of aromatic amines is 2. The van der Waals surface area contributed by atoms with Crippen LogP contribution in [0, 0.1) is 0 Å². The fourth-order valence-corrected chi connectivity index (χ4v) is 4.71. The summed E-state index contributed by atoms with van der Waals surface area (Å²) >= 11 is 0. The van der Waals surface area contributed by atoms with Crippen LogP contribution in [0.4, 0.5) is 5.69 Å². The Balaban J connectivity index is 0.000000223. The van der Waals surface area contributed by atoms with Crippen molar-refractivity contribution in [3.8, 4) is 17.1 Å². The number of aromatic hydroxyl groups is 1. The standard InChI is InChI=1S/C22H22N4O.C7H6N2/c1-25-10-12-26(13-11-25)16-7-9-19-20(14-16)24-22(23-19)18-8-6-15-4-2-3-5-17(15)21(18)27;1-2-4-7-6(3-1)8-5-9-7/h2-9,14,27H,10-13H2,1H3,(H,23,24);1-5H,(H,8,9). The summed E-state index contributed by atoms with van der Waals surface area (Å²) in [6.45, 7) is 4.23. The molecule has 0 spiro atoms. The molecule has 2 aromatic heterocycles. The molecule has 0 aliphatic carbocycles. The number of imidazole rings is 2. The van der Waals surface area contributed by atoms with Gasteiger partial charge in [-0.3, -0.25) is 0 Å². The topological polar surface area (TPSA) is 84.1 Å². The molecule has 7 nitrogen and oxygen atoms in total. The lowest BCUT2D eigenvalue weighted by Gasteiger charge is -2.34. The van der Waals surface area contributed by atoms with E-state index in [1.54, 1.807) is 6.33 Å². The fourth-order valence-electron chi connectivity index (χ4n) is 4.71. The number of fused-ring (bicyclic) bond motifs is 3. The lowest BCUT2D eigenvalue weighted by atomic mass is 10.1. The summed E-state index contributed by atoms with van der Waals surface area (Å²) in [6.07, 6.45) is 1.70. The van der Waals surface area contributed by atoms with Crippen LogP contribution in [-0.2, 0) is 0 Å². The third kappa shape index (κ3) is 4.25. The van der Waals surface area contributed by atoms with E-state index in [0.717, 1.165) is 64.6 Å². The first kappa shape index (κ1) is 22.1. The van der Waals surface area contributed by atoms with Crippen molar-refractivity contribution in [2.24, 2.45) is 0 Å². The minimum absolute atomic E-state index is 0.270. The zero-order chi connectivity index (χ0) is 24.5. The molecule has 1 fully saturated rings. The number of H-pyrrole nitrogens is 2. The van der Waals surface area contributed by atoms with E-state index >= 15 is 0 Å². The maximum atomic E-state index is 10.7. The Labute approximate surface area is 209 Å². The normalized spacial score (nSPS) is 14.3. The van der Waals surface area contributed by atoms with E-state index in [1.165, 1.54) is 5.69 Å². The minimum atomic E-state index is 0.270. The number of aromatic nitrogens is 4. The van der Waals surface area contributed by atoms with Gasteiger partial charge in [-0.15, -0.1) is 0 Å². The summed E-state index contributed by atoms with van der Waals surface area (Å²) in [7, 11) is 2.16. The Hall–Kier alpha value is -4.36. The number of piperazine rings is 1. The molecule has 1 aliphatic rings. The summed E-state index contributed by atoms with van der Waals surface area (Å²) in [6, 6.07) is 26.1. The molecule has 3 N–H and O–H groups in total. The van der Waals surface area contributed by atoms with E-state index in [-0.39, 0.29) is 5.75 Å². The van der Waals surface area contributed by atoms with Gasteiger partial charge in [0.1, 0.15) is 11.6 Å². The van der Waals surface area contributed by atoms with E-state index in [1.807, 2.05) is 60.7 Å². The van der Waals surface area contributed by atoms with Gasteiger partial charge in [0.15, 0.2) is 0 Å². The van der Waals surface area contributed by atoms with E-state index in [4.69, 9.17) is 4.98 Å². The van der Waals surface area contributed by atoms with Gasteiger partial charge in [-0.1, -0.05) is 42.5 Å². The van der Waals surface area contributed by atoms with Crippen molar-refractivity contribution in [3.05, 3.63) is 85.2 Å². The van der Waals surface area contributed by atoms with E-state index in [9.17, 15) is 5.11 Å². The molecular weight excluding hydrogens is 448 g/mol. The average molecular weight is 477 g/mol. The molecule has 0 amide bonds. The zero-order valence-electron chi connectivity index (χ0n) is 20.1. The molecular formula is C29H28N6O. The molecule has 180 valence electrons. The second kappa shape index (κ2) is 9.36. The summed E-state index contributed by atoms with van der Waals surface area (Å²) < 4.78 is 0. The molecule has 1 aliphatic heterocycles. The Morgan fingerprint density at radius 1 is 0.806 bits per heavy atom. The predicted octanol–water partition coefficient (Wildman–Crippen LogP) is 5.40. The quantitative estimate of drug-likeness (QED) is 0.312. The first-order valence-corrected chi connectivity index (χ1v) is 12.2. The lowest BCUT2D eigenvalue weighted by Crippen LogP contribution is -2.44. The maximum Gasteiger partial charge on any atom is 0.142 e. The number of phenols is 1. The zero-order valence-corrected chi connectivity index (χ0v) is 20.1. The fraction of sp³-hybridized carbons (Fsp3) is 0.172. The second-order valence-electron chi connectivity index (χ2n) is 9.18. The van der Waals surface area contributed by atoms with Crippen LogP contribution >= 0.6 is 0 Å². The highest BCUT2D eigenvalue weighted by Crippen LogP contribution is 2.35. The monoisotopic (exact) mass is 476 g/mol. The van der Waals surface area contributed by atoms with Crippen molar-refractivity contribution < 1.29 is 5.11 Å². The largest absolute Gasteiger partial charge is 0.507 e. The Bertz CT molecular complexity index is 1610. The Morgan fingerprint density at radius 3 is 2.47 bits per heavy atom. The summed E-state index contributed by atoms with van der Waals surface area (Å²) in [4.78, 5) is 19.9. The van der Waals surface area contributed by atoms with Crippen molar-refractivity contribution in [1.29, 1.82) is 0 Å². The third-order valence-electron chi connectivity index (χ3n) is 6.82. The molecule has 7 heteroatoms. The first-order chi connectivity index (χ1) is 17.7. The van der Waals surface area contributed by atoms with Gasteiger partial charge in [0.2, 0.25) is 0 Å². The molecule has 1 saturated heterocycles. The van der Waals surface area contributed by atoms with Crippen molar-refractivity contribution >= 4 is 38.5 Å². The van der Waals surface area contributed by atoms with Gasteiger partial charge < -0.3 is 24.9 Å². The van der Waals surface area contributed by atoms with Crippen LogP contribution in [0.3, 0.4) is 0 Å². The number of hydrogen-bond acceptors (Lipinski definition) is 5. The number of rotatable bonds is 2. The molecule has 7 rings (SSSR count). The van der Waals surface area contributed by atoms with Crippen LogP contribution in [0.15, 0.2) is 85.2 Å². The molecule has 36 heavy (non-hydrogen) atoms. The van der Waals surface area contributed by atoms with Gasteiger partial charge in [0.05, 0.1) is 34.0 Å². The van der Waals surface area contributed by atoms with Gasteiger partial charge in [-0.25, -0.2) is 9.97 Å². The van der Waals surface area contributed by atoms with Gasteiger partial charge in [-0.2, -0.15) is 0 Å². The minimum Gasteiger partial charge on any atom is -0.507 e. The van der Waals surface area contributed by atoms with Crippen molar-refractivity contribution in [3.63, 3.8) is 0 Å². The molecule has 0 bridgehead atoms. The molecule has 0 radical (unpaired) electrons. The third-order valence-corrected chi connectivity index (χ3v) is 6.82. The molecule has 0 atom stereocenters. The number of hydrogen-bond donors (Lipinski definition) is 3. The van der Waals surface area contributed by atoms with Crippen LogP contribution in [0.2, 0.25) is 0 Å². The maximum absolute atomic E-state index is 10.7. The predicted molar refractivity (Wildman–Crippen MR) is 147 cm³/mol. The van der Waals surface area contributed by atoms with Crippen LogP contribution in [0.5, 0.6) is 5.75 Å². The smallest absolute Gasteiger partial charge is 0.142 e. The first-order valence-electron chi connectivity index (χ1n) is 12.2. The van der Waals surface area contributed by atoms with E-state index in [0.29, 0.717) is 5.82 Å². The van der Waals surface area contributed by atoms with Crippen molar-refractivity contribution in [1.82, 2.24) is 24.8 Å². The average Bonchev–Trinajstić information content (AvgIpc) is 3.56. The Kier molecular flexibility index (Phi) is 5.75. The number of phenolic OH excluding ortho intramolecular Hbond substituents is 1. The summed E-state index contributed by atoms with van der Waals surface area (Å²) in [5.41, 5.74) is 5.97. The lowest BCUT2D eigenvalue weighted by molar-refractivity contribution is 0.313. The van der Waals surface area contributed by atoms with Crippen LogP contribution in [-0.4, -0.2) is 63.2 Å². The van der Waals surface area contributed by atoms with Gasteiger partial charge in [0.25, 0.3) is 0 Å². The highest BCUT2D eigenvalue weighted by atomic mass is 16.3. The number of nitrogens with zero attached hydrogens (tertiary/aromatic N) is 4. The van der Waals surface area contributed by atoms with Crippen molar-refractivity contribution in [2.75, 3.05) is 38.1 Å². The Morgan fingerprint density at radius 2 is 1.61 bits per heavy atom. The molecule has 0 saturated carbocycles. The molecule has 4 aromatic carbocycles. The van der Waals surface area contributed by atoms with Gasteiger partial charge in [0, 0.05) is 37.3 Å². The van der Waals surface area contributed by atoms with Crippen LogP contribution in [0.1, 0.15) is 0 Å². The number of likely N-dealkylation sites (N-methyl/N-ethyl adjacent to an activating group) is 1. The number of para-hydroxylation sites is 2. The molecule has 0 unspecified atom stereocenters. The number of benzene rings is 4. The molecule has 3 heterocycles.